The summed E-state index contributed by atoms with van der Waals surface area (Å²) < 4.78 is 0. The molecule has 0 saturated heterocycles. The van der Waals surface area contributed by atoms with E-state index in [2.05, 4.69) is 133 Å². The first-order chi connectivity index (χ1) is 20.8. The van der Waals surface area contributed by atoms with E-state index in [1.54, 1.807) is 0 Å². The normalized spacial score (nSPS) is 13.3. The maximum atomic E-state index is 2.45. The lowest BCUT2D eigenvalue weighted by Gasteiger charge is -2.21. The van der Waals surface area contributed by atoms with Crippen LogP contribution in [0.5, 0.6) is 0 Å². The lowest BCUT2D eigenvalue weighted by atomic mass is 9.82. The molecule has 0 aromatic heterocycles. The molecular weight excluding hydrogens is 504 g/mol. The van der Waals surface area contributed by atoms with Gasteiger partial charge in [-0.15, -0.1) is 0 Å². The van der Waals surface area contributed by atoms with Gasteiger partial charge in [0, 0.05) is 0 Å². The molecule has 0 unspecified atom stereocenters. The molecule has 9 rings (SSSR count). The Morgan fingerprint density at radius 1 is 0.310 bits per heavy atom. The molecule has 198 valence electrons. The van der Waals surface area contributed by atoms with Crippen molar-refractivity contribution in [2.75, 3.05) is 0 Å². The van der Waals surface area contributed by atoms with Crippen molar-refractivity contribution in [2.24, 2.45) is 0 Å². The number of hydrogen-bond donors (Lipinski definition) is 0. The summed E-state index contributed by atoms with van der Waals surface area (Å²) in [4.78, 5) is 0. The lowest BCUT2D eigenvalue weighted by Crippen LogP contribution is -1.95. The minimum atomic E-state index is 1.05. The molecule has 7 aromatic rings. The zero-order chi connectivity index (χ0) is 27.6. The van der Waals surface area contributed by atoms with Gasteiger partial charge in [0.05, 0.1) is 0 Å². The Bertz CT molecular complexity index is 2010. The van der Waals surface area contributed by atoms with Crippen molar-refractivity contribution in [1.82, 2.24) is 0 Å². The van der Waals surface area contributed by atoms with E-state index in [-0.39, 0.29) is 0 Å². The zero-order valence-electron chi connectivity index (χ0n) is 23.5. The van der Waals surface area contributed by atoms with Gasteiger partial charge in [-0.2, -0.15) is 0 Å². The molecule has 0 nitrogen and oxygen atoms in total. The van der Waals surface area contributed by atoms with Gasteiger partial charge in [0.2, 0.25) is 0 Å². The summed E-state index contributed by atoms with van der Waals surface area (Å²) in [6.07, 6.45) is 4.22. The van der Waals surface area contributed by atoms with Crippen LogP contribution < -0.4 is 0 Å². The van der Waals surface area contributed by atoms with Crippen molar-refractivity contribution in [3.05, 3.63) is 156 Å². The van der Waals surface area contributed by atoms with Gasteiger partial charge in [-0.25, -0.2) is 0 Å². The smallest absolute Gasteiger partial charge is 0.00207 e. The topological polar surface area (TPSA) is 0 Å². The van der Waals surface area contributed by atoms with Crippen molar-refractivity contribution in [2.45, 2.75) is 25.7 Å². The number of aryl methyl sites for hydroxylation is 4. The van der Waals surface area contributed by atoms with E-state index in [4.69, 9.17) is 0 Å². The van der Waals surface area contributed by atoms with Crippen LogP contribution in [0.3, 0.4) is 0 Å². The van der Waals surface area contributed by atoms with Crippen LogP contribution in [-0.2, 0) is 25.7 Å². The summed E-state index contributed by atoms with van der Waals surface area (Å²) in [6.45, 7) is 0. The van der Waals surface area contributed by atoms with Crippen molar-refractivity contribution in [1.29, 1.82) is 0 Å². The number of hydrogen-bond acceptors (Lipinski definition) is 0. The van der Waals surface area contributed by atoms with Crippen molar-refractivity contribution < 1.29 is 0 Å². The molecule has 42 heavy (non-hydrogen) atoms. The van der Waals surface area contributed by atoms with Gasteiger partial charge in [0.25, 0.3) is 0 Å². The quantitative estimate of drug-likeness (QED) is 0.194. The zero-order valence-corrected chi connectivity index (χ0v) is 23.5. The number of benzene rings is 7. The van der Waals surface area contributed by atoms with E-state index in [9.17, 15) is 0 Å². The molecule has 0 amide bonds. The van der Waals surface area contributed by atoms with Crippen molar-refractivity contribution in [3.8, 4) is 44.5 Å². The highest BCUT2D eigenvalue weighted by molar-refractivity contribution is 6.24. The second-order valence-corrected chi connectivity index (χ2v) is 11.9. The minimum absolute atomic E-state index is 1.05. The summed E-state index contributed by atoms with van der Waals surface area (Å²) in [7, 11) is 0. The molecule has 0 saturated carbocycles. The first-order valence-electron chi connectivity index (χ1n) is 15.2. The fourth-order valence-corrected chi connectivity index (χ4v) is 7.70. The molecule has 0 spiro atoms. The Morgan fingerprint density at radius 2 is 0.738 bits per heavy atom. The van der Waals surface area contributed by atoms with E-state index in [0.29, 0.717) is 0 Å². The van der Waals surface area contributed by atoms with Crippen LogP contribution in [0.4, 0.5) is 0 Å². The first kappa shape index (κ1) is 23.7. The van der Waals surface area contributed by atoms with Gasteiger partial charge >= 0.3 is 0 Å². The van der Waals surface area contributed by atoms with E-state index < -0.39 is 0 Å². The van der Waals surface area contributed by atoms with E-state index in [1.807, 2.05) is 0 Å². The maximum absolute atomic E-state index is 2.45. The van der Waals surface area contributed by atoms with Crippen LogP contribution in [0.25, 0.3) is 66.1 Å². The van der Waals surface area contributed by atoms with E-state index in [1.165, 1.54) is 88.3 Å². The largest absolute Gasteiger partial charge is 0.0622 e. The van der Waals surface area contributed by atoms with Gasteiger partial charge in [-0.3, -0.25) is 0 Å². The predicted octanol–water partition coefficient (Wildman–Crippen LogP) is 10.9. The Kier molecular flexibility index (Phi) is 5.25. The van der Waals surface area contributed by atoms with Crippen LogP contribution in [0.1, 0.15) is 22.3 Å². The SMILES string of the molecule is c1ccc(-c2ccc3c(c2)CCc2cccc4c5c6c(cccc6c-3c24)CCc2cc(-c3ccccc3)ccc2-5)cc1. The molecule has 7 aromatic carbocycles. The Labute approximate surface area is 246 Å². The minimum Gasteiger partial charge on any atom is -0.0622 e. The van der Waals surface area contributed by atoms with Crippen LogP contribution >= 0.6 is 0 Å². The average molecular weight is 535 g/mol. The highest BCUT2D eigenvalue weighted by Gasteiger charge is 2.26. The van der Waals surface area contributed by atoms with Crippen LogP contribution in [-0.4, -0.2) is 0 Å². The summed E-state index contributed by atoms with van der Waals surface area (Å²) in [6, 6.07) is 50.1. The second kappa shape index (κ2) is 9.29. The van der Waals surface area contributed by atoms with Crippen LogP contribution in [0.15, 0.2) is 133 Å². The molecule has 0 heterocycles. The Balaban J connectivity index is 1.35. The van der Waals surface area contributed by atoms with Crippen LogP contribution in [0.2, 0.25) is 0 Å². The third kappa shape index (κ3) is 3.55. The van der Waals surface area contributed by atoms with Gasteiger partial charge < -0.3 is 0 Å². The van der Waals surface area contributed by atoms with E-state index in [0.717, 1.165) is 25.7 Å². The highest BCUT2D eigenvalue weighted by atomic mass is 14.3. The molecule has 0 heteroatoms. The van der Waals surface area contributed by atoms with Gasteiger partial charge in [-0.05, 0) is 114 Å². The van der Waals surface area contributed by atoms with Crippen LogP contribution in [0, 0.1) is 0 Å². The lowest BCUT2D eigenvalue weighted by molar-refractivity contribution is 0.978. The number of rotatable bonds is 2. The second-order valence-electron chi connectivity index (χ2n) is 11.9. The predicted molar refractivity (Wildman–Crippen MR) is 178 cm³/mol. The molecule has 0 atom stereocenters. The molecular formula is C42H30. The molecule has 0 N–H and O–H groups in total. The molecule has 2 aliphatic carbocycles. The fraction of sp³-hybridized carbons (Fsp3) is 0.0952. The molecule has 0 radical (unpaired) electrons. The maximum Gasteiger partial charge on any atom is -0.00207 e. The third-order valence-electron chi connectivity index (χ3n) is 9.63. The average Bonchev–Trinajstić information content (AvgIpc) is 3.33. The van der Waals surface area contributed by atoms with Crippen molar-refractivity contribution >= 4 is 21.5 Å². The first-order valence-corrected chi connectivity index (χ1v) is 15.2. The summed E-state index contributed by atoms with van der Waals surface area (Å²) in [5, 5.41) is 5.70. The third-order valence-corrected chi connectivity index (χ3v) is 9.63. The van der Waals surface area contributed by atoms with Gasteiger partial charge in [-0.1, -0.05) is 133 Å². The molecule has 0 aliphatic heterocycles. The molecule has 2 aliphatic rings. The molecule has 0 fully saturated rings. The summed E-state index contributed by atoms with van der Waals surface area (Å²) in [5.74, 6) is 0. The summed E-state index contributed by atoms with van der Waals surface area (Å²) in [5.41, 5.74) is 16.7. The molecule has 0 bridgehead atoms. The summed E-state index contributed by atoms with van der Waals surface area (Å²) >= 11 is 0. The Hall–Kier alpha value is -4.94. The van der Waals surface area contributed by atoms with Gasteiger partial charge in [0.15, 0.2) is 0 Å². The fourth-order valence-electron chi connectivity index (χ4n) is 7.70. The standard InChI is InChI=1S/C42H30/c1-3-9-27(10-4-1)31-21-23-35-33(25-31)19-17-29-13-7-16-38-39(29)41(35)37-15-8-14-30-18-20-34-26-32(28-11-5-2-6-12-28)22-24-36(34)42(38)40(30)37/h1-16,21-26H,17-20H2. The highest BCUT2D eigenvalue weighted by Crippen LogP contribution is 2.50. The van der Waals surface area contributed by atoms with E-state index >= 15 is 0 Å². The number of fused-ring (bicyclic) bond motifs is 6. The monoisotopic (exact) mass is 534 g/mol. The van der Waals surface area contributed by atoms with Crippen molar-refractivity contribution in [3.63, 3.8) is 0 Å². The van der Waals surface area contributed by atoms with Gasteiger partial charge in [0.1, 0.15) is 0 Å². The Morgan fingerprint density at radius 3 is 1.19 bits per heavy atom.